The van der Waals surface area contributed by atoms with E-state index in [9.17, 15) is 19.2 Å². The number of carbonyl (C=O) groups excluding carboxylic acids is 3. The van der Waals surface area contributed by atoms with Gasteiger partial charge in [-0.15, -0.1) is 0 Å². The second kappa shape index (κ2) is 10.8. The summed E-state index contributed by atoms with van der Waals surface area (Å²) < 4.78 is 16.0. The van der Waals surface area contributed by atoms with E-state index in [-0.39, 0.29) is 30.3 Å². The number of hydrogen-bond acceptors (Lipinski definition) is 8. The van der Waals surface area contributed by atoms with E-state index in [1.54, 1.807) is 50.8 Å². The fourth-order valence-electron chi connectivity index (χ4n) is 4.67. The molecule has 4 rings (SSSR count). The summed E-state index contributed by atoms with van der Waals surface area (Å²) in [5.74, 6) is 0.154. The lowest BCUT2D eigenvalue weighted by Crippen LogP contribution is -2.54. The van der Waals surface area contributed by atoms with Crippen LogP contribution in [0.25, 0.3) is 0 Å². The maximum atomic E-state index is 13.2. The van der Waals surface area contributed by atoms with Gasteiger partial charge in [0.1, 0.15) is 11.5 Å². The number of carbonyl (C=O) groups is 3. The summed E-state index contributed by atoms with van der Waals surface area (Å²) >= 11 is 0. The molecule has 37 heavy (non-hydrogen) atoms. The van der Waals surface area contributed by atoms with E-state index >= 15 is 0 Å². The van der Waals surface area contributed by atoms with Crippen LogP contribution in [0.2, 0.25) is 0 Å². The number of nitrogens with one attached hydrogen (secondary N) is 2. The van der Waals surface area contributed by atoms with Crippen LogP contribution >= 0.6 is 0 Å². The van der Waals surface area contributed by atoms with Gasteiger partial charge in [0, 0.05) is 37.7 Å². The van der Waals surface area contributed by atoms with E-state index in [2.05, 4.69) is 15.5 Å². The Morgan fingerprint density at radius 2 is 1.97 bits per heavy atom. The van der Waals surface area contributed by atoms with Crippen molar-refractivity contribution < 1.29 is 28.0 Å². The van der Waals surface area contributed by atoms with E-state index in [0.29, 0.717) is 54.6 Å². The van der Waals surface area contributed by atoms with Gasteiger partial charge in [0.05, 0.1) is 12.2 Å². The molecule has 0 spiro atoms. The molecule has 1 atom stereocenters. The molecule has 1 saturated heterocycles. The SMILES string of the molecule is CCC(=O)NCCN1C(=O)C(C)(C)Oc2ccc(C(=O)N[C@@H]3CCCN(Cc4oc(=O)oc4C)C3)cc21. The first-order valence-corrected chi connectivity index (χ1v) is 12.6. The summed E-state index contributed by atoms with van der Waals surface area (Å²) in [4.78, 5) is 53.0. The van der Waals surface area contributed by atoms with Crippen molar-refractivity contribution in [2.45, 2.75) is 65.1 Å². The van der Waals surface area contributed by atoms with Gasteiger partial charge in [-0.3, -0.25) is 19.3 Å². The van der Waals surface area contributed by atoms with Gasteiger partial charge in [-0.25, -0.2) is 4.79 Å². The number of likely N-dealkylation sites (tertiary alicyclic amines) is 1. The number of ether oxygens (including phenoxy) is 1. The van der Waals surface area contributed by atoms with Gasteiger partial charge in [-0.1, -0.05) is 6.92 Å². The predicted octanol–water partition coefficient (Wildman–Crippen LogP) is 1.97. The van der Waals surface area contributed by atoms with Gasteiger partial charge < -0.3 is 29.1 Å². The zero-order valence-electron chi connectivity index (χ0n) is 21.7. The summed E-state index contributed by atoms with van der Waals surface area (Å²) in [5, 5.41) is 5.88. The second-order valence-electron chi connectivity index (χ2n) is 9.94. The van der Waals surface area contributed by atoms with Crippen molar-refractivity contribution in [1.82, 2.24) is 15.5 Å². The first kappa shape index (κ1) is 26.5. The highest BCUT2D eigenvalue weighted by atomic mass is 16.6. The number of aryl methyl sites for hydroxylation is 1. The molecular weight excluding hydrogens is 480 g/mol. The third-order valence-electron chi connectivity index (χ3n) is 6.66. The van der Waals surface area contributed by atoms with E-state index in [1.807, 2.05) is 0 Å². The molecule has 2 aliphatic rings. The third kappa shape index (κ3) is 6.04. The fraction of sp³-hybridized carbons (Fsp3) is 0.538. The molecular formula is C26H34N4O7. The van der Waals surface area contributed by atoms with Crippen molar-refractivity contribution in [2.75, 3.05) is 31.1 Å². The largest absolute Gasteiger partial charge is 0.519 e. The summed E-state index contributed by atoms with van der Waals surface area (Å²) in [7, 11) is 0. The lowest BCUT2D eigenvalue weighted by atomic mass is 10.0. The smallest absolute Gasteiger partial charge is 0.476 e. The van der Waals surface area contributed by atoms with Crippen molar-refractivity contribution >= 4 is 23.4 Å². The Kier molecular flexibility index (Phi) is 7.72. The Morgan fingerprint density at radius 1 is 1.19 bits per heavy atom. The number of fused-ring (bicyclic) bond motifs is 1. The number of rotatable bonds is 8. The first-order chi connectivity index (χ1) is 17.6. The Bertz CT molecular complexity index is 1230. The minimum atomic E-state index is -1.07. The van der Waals surface area contributed by atoms with Crippen LogP contribution in [0.15, 0.2) is 31.8 Å². The van der Waals surface area contributed by atoms with Crippen LogP contribution in [0.3, 0.4) is 0 Å². The van der Waals surface area contributed by atoms with Crippen LogP contribution in [0.5, 0.6) is 5.75 Å². The van der Waals surface area contributed by atoms with Gasteiger partial charge in [0.25, 0.3) is 11.8 Å². The molecule has 0 saturated carbocycles. The Hall–Kier alpha value is -3.60. The van der Waals surface area contributed by atoms with Crippen molar-refractivity contribution in [3.8, 4) is 5.75 Å². The third-order valence-corrected chi connectivity index (χ3v) is 6.66. The summed E-state index contributed by atoms with van der Waals surface area (Å²) in [5.41, 5.74) is -0.159. The maximum Gasteiger partial charge on any atom is 0.519 e. The van der Waals surface area contributed by atoms with Crippen molar-refractivity contribution in [1.29, 1.82) is 0 Å². The van der Waals surface area contributed by atoms with Gasteiger partial charge >= 0.3 is 5.82 Å². The van der Waals surface area contributed by atoms with Crippen molar-refractivity contribution in [3.63, 3.8) is 0 Å². The molecule has 1 aromatic carbocycles. The van der Waals surface area contributed by atoms with E-state index < -0.39 is 11.4 Å². The minimum Gasteiger partial charge on any atom is -0.476 e. The number of amides is 3. The standard InChI is InChI=1S/C26H34N4O7/c1-5-22(31)27-10-12-30-19-13-17(8-9-20(19)37-26(3,4)24(30)33)23(32)28-18-7-6-11-29(14-18)15-21-16(2)35-25(34)36-21/h8-9,13,18H,5-7,10-12,14-15H2,1-4H3,(H,27,31)(H,28,32)/t18-/m1/s1. The lowest BCUT2D eigenvalue weighted by molar-refractivity contribution is -0.132. The summed E-state index contributed by atoms with van der Waals surface area (Å²) in [6.45, 7) is 9.25. The van der Waals surface area contributed by atoms with Gasteiger partial charge in [0.15, 0.2) is 11.4 Å². The molecule has 3 amide bonds. The normalized spacial score (nSPS) is 19.2. The second-order valence-corrected chi connectivity index (χ2v) is 9.94. The predicted molar refractivity (Wildman–Crippen MR) is 135 cm³/mol. The number of nitrogens with zero attached hydrogens (tertiary/aromatic N) is 2. The van der Waals surface area contributed by atoms with E-state index in [1.165, 1.54) is 0 Å². The molecule has 2 aromatic rings. The van der Waals surface area contributed by atoms with Gasteiger partial charge in [0.2, 0.25) is 5.91 Å². The van der Waals surface area contributed by atoms with Gasteiger partial charge in [-0.05, 0) is 58.4 Å². The molecule has 11 heteroatoms. The summed E-state index contributed by atoms with van der Waals surface area (Å²) in [6, 6.07) is 4.95. The average molecular weight is 515 g/mol. The van der Waals surface area contributed by atoms with Gasteiger partial charge in [-0.2, -0.15) is 0 Å². The zero-order valence-corrected chi connectivity index (χ0v) is 21.7. The molecule has 1 aromatic heterocycles. The molecule has 0 aliphatic carbocycles. The zero-order chi connectivity index (χ0) is 26.7. The molecule has 0 bridgehead atoms. The van der Waals surface area contributed by atoms with Crippen LogP contribution in [-0.2, 0) is 16.1 Å². The molecule has 0 unspecified atom stereocenters. The Morgan fingerprint density at radius 3 is 2.68 bits per heavy atom. The highest BCUT2D eigenvalue weighted by molar-refractivity contribution is 6.04. The Balaban J connectivity index is 1.45. The van der Waals surface area contributed by atoms with Crippen LogP contribution in [0.1, 0.15) is 61.9 Å². The fourth-order valence-corrected chi connectivity index (χ4v) is 4.67. The van der Waals surface area contributed by atoms with E-state index in [4.69, 9.17) is 13.6 Å². The van der Waals surface area contributed by atoms with E-state index in [0.717, 1.165) is 19.4 Å². The first-order valence-electron chi connectivity index (χ1n) is 12.6. The topological polar surface area (TPSA) is 134 Å². The number of hydrogen-bond donors (Lipinski definition) is 2. The molecule has 0 radical (unpaired) electrons. The average Bonchev–Trinajstić information content (AvgIpc) is 3.17. The van der Waals surface area contributed by atoms with Crippen LogP contribution < -0.4 is 26.1 Å². The lowest BCUT2D eigenvalue weighted by Gasteiger charge is -2.39. The molecule has 2 aliphatic heterocycles. The minimum absolute atomic E-state index is 0.0895. The highest BCUT2D eigenvalue weighted by Gasteiger charge is 2.41. The van der Waals surface area contributed by atoms with Crippen molar-refractivity contribution in [3.05, 3.63) is 45.9 Å². The van der Waals surface area contributed by atoms with Crippen LogP contribution in [0, 0.1) is 6.92 Å². The van der Waals surface area contributed by atoms with Crippen LogP contribution in [-0.4, -0.2) is 60.4 Å². The maximum absolute atomic E-state index is 13.2. The molecule has 11 nitrogen and oxygen atoms in total. The number of anilines is 1. The molecule has 2 N–H and O–H groups in total. The number of benzene rings is 1. The molecule has 1 fully saturated rings. The Labute approximate surface area is 215 Å². The number of piperidine rings is 1. The van der Waals surface area contributed by atoms with Crippen molar-refractivity contribution in [2.24, 2.45) is 0 Å². The van der Waals surface area contributed by atoms with Crippen LogP contribution in [0.4, 0.5) is 5.69 Å². The molecule has 3 heterocycles. The molecule has 200 valence electrons. The quantitative estimate of drug-likeness (QED) is 0.546. The summed E-state index contributed by atoms with van der Waals surface area (Å²) in [6.07, 6.45) is 2.06. The monoisotopic (exact) mass is 514 g/mol. The highest BCUT2D eigenvalue weighted by Crippen LogP contribution is 2.38.